The zero-order valence-corrected chi connectivity index (χ0v) is 23.9. The highest BCUT2D eigenvalue weighted by molar-refractivity contribution is 5.94. The van der Waals surface area contributed by atoms with E-state index < -0.39 is 23.3 Å². The van der Waals surface area contributed by atoms with Crippen LogP contribution in [0.3, 0.4) is 0 Å². The molecule has 0 spiro atoms. The monoisotopic (exact) mass is 569 g/mol. The van der Waals surface area contributed by atoms with E-state index in [0.717, 1.165) is 28.7 Å². The first-order chi connectivity index (χ1) is 20.2. The lowest BCUT2D eigenvalue weighted by Gasteiger charge is -2.36. The van der Waals surface area contributed by atoms with Crippen LogP contribution in [0, 0.1) is 11.3 Å². The molecule has 1 aliphatic carbocycles. The van der Waals surface area contributed by atoms with Crippen molar-refractivity contribution >= 4 is 17.7 Å². The molecule has 5 N–H and O–H groups in total. The van der Waals surface area contributed by atoms with Crippen LogP contribution in [-0.4, -0.2) is 58.0 Å². The number of primary amides is 2. The van der Waals surface area contributed by atoms with Crippen LogP contribution in [0.5, 0.6) is 0 Å². The third-order valence-electron chi connectivity index (χ3n) is 8.43. The Labute approximate surface area is 244 Å². The van der Waals surface area contributed by atoms with Crippen molar-refractivity contribution in [2.24, 2.45) is 11.5 Å². The SMILES string of the molecule is CCc1nnc(C2(C[C@H](C)NCC(=O)N3CCCC3C#N)c3ccc(C(N)=O)cc3CCc3cc(C(N)=O)ccc32)o1. The van der Waals surface area contributed by atoms with Crippen molar-refractivity contribution in [3.63, 3.8) is 0 Å². The van der Waals surface area contributed by atoms with Gasteiger partial charge in [-0.25, -0.2) is 0 Å². The number of nitrogens with zero attached hydrogens (tertiary/aromatic N) is 4. The van der Waals surface area contributed by atoms with Gasteiger partial charge in [-0.1, -0.05) is 19.1 Å². The van der Waals surface area contributed by atoms with Crippen molar-refractivity contribution in [2.75, 3.05) is 13.1 Å². The number of hydrogen-bond acceptors (Lipinski definition) is 8. The second-order valence-corrected chi connectivity index (χ2v) is 11.1. The van der Waals surface area contributed by atoms with Crippen LogP contribution in [0.25, 0.3) is 0 Å². The molecular formula is C31H35N7O4. The van der Waals surface area contributed by atoms with Gasteiger partial charge in [0.1, 0.15) is 11.5 Å². The smallest absolute Gasteiger partial charge is 0.248 e. The van der Waals surface area contributed by atoms with E-state index in [1.807, 2.05) is 26.0 Å². The summed E-state index contributed by atoms with van der Waals surface area (Å²) in [5, 5.41) is 21.6. The minimum Gasteiger partial charge on any atom is -0.424 e. The molecule has 1 fully saturated rings. The summed E-state index contributed by atoms with van der Waals surface area (Å²) >= 11 is 0. The van der Waals surface area contributed by atoms with Crippen LogP contribution in [0.1, 0.15) is 87.9 Å². The zero-order chi connectivity index (χ0) is 30.0. The Balaban J connectivity index is 1.62. The predicted molar refractivity (Wildman–Crippen MR) is 153 cm³/mol. The highest BCUT2D eigenvalue weighted by Crippen LogP contribution is 2.48. The minimum absolute atomic E-state index is 0.0699. The Bertz CT molecular complexity index is 1510. The summed E-state index contributed by atoms with van der Waals surface area (Å²) < 4.78 is 6.29. The van der Waals surface area contributed by atoms with E-state index >= 15 is 0 Å². The Morgan fingerprint density at radius 2 is 1.71 bits per heavy atom. The van der Waals surface area contributed by atoms with Gasteiger partial charge >= 0.3 is 0 Å². The number of likely N-dealkylation sites (tertiary alicyclic amines) is 1. The topological polar surface area (TPSA) is 181 Å². The van der Waals surface area contributed by atoms with E-state index in [9.17, 15) is 19.6 Å². The lowest BCUT2D eigenvalue weighted by molar-refractivity contribution is -0.130. The predicted octanol–water partition coefficient (Wildman–Crippen LogP) is 2.15. The number of rotatable bonds is 9. The maximum atomic E-state index is 13.0. The Morgan fingerprint density at radius 3 is 2.24 bits per heavy atom. The second kappa shape index (κ2) is 11.7. The van der Waals surface area contributed by atoms with E-state index in [1.54, 1.807) is 29.2 Å². The number of nitrogens with two attached hydrogens (primary N) is 2. The maximum Gasteiger partial charge on any atom is 0.248 e. The molecule has 3 amide bonds. The number of aromatic nitrogens is 2. The highest BCUT2D eigenvalue weighted by atomic mass is 16.4. The molecule has 11 heteroatoms. The molecule has 218 valence electrons. The molecule has 5 rings (SSSR count). The molecule has 2 aliphatic rings. The van der Waals surface area contributed by atoms with Crippen molar-refractivity contribution in [1.82, 2.24) is 20.4 Å². The van der Waals surface area contributed by atoms with E-state index in [2.05, 4.69) is 21.6 Å². The van der Waals surface area contributed by atoms with Gasteiger partial charge in [-0.05, 0) is 85.5 Å². The average molecular weight is 570 g/mol. The van der Waals surface area contributed by atoms with Crippen molar-refractivity contribution in [2.45, 2.75) is 69.9 Å². The molecule has 0 radical (unpaired) electrons. The number of carbonyl (C=O) groups is 3. The van der Waals surface area contributed by atoms with E-state index in [1.165, 1.54) is 0 Å². The van der Waals surface area contributed by atoms with Crippen LogP contribution < -0.4 is 16.8 Å². The van der Waals surface area contributed by atoms with Crippen molar-refractivity contribution < 1.29 is 18.8 Å². The largest absolute Gasteiger partial charge is 0.424 e. The van der Waals surface area contributed by atoms with Crippen molar-refractivity contribution in [1.29, 1.82) is 5.26 Å². The molecule has 1 aromatic heterocycles. The van der Waals surface area contributed by atoms with Crippen LogP contribution in [0.2, 0.25) is 0 Å². The van der Waals surface area contributed by atoms with Crippen molar-refractivity contribution in [3.05, 3.63) is 81.6 Å². The summed E-state index contributed by atoms with van der Waals surface area (Å²) in [5.41, 5.74) is 14.7. The Hall–Kier alpha value is -4.56. The van der Waals surface area contributed by atoms with Gasteiger partial charge in [0.25, 0.3) is 0 Å². The third-order valence-corrected chi connectivity index (χ3v) is 8.43. The Morgan fingerprint density at radius 1 is 1.10 bits per heavy atom. The van der Waals surface area contributed by atoms with Gasteiger partial charge in [-0.15, -0.1) is 10.2 Å². The molecule has 2 aromatic carbocycles. The lowest BCUT2D eigenvalue weighted by Crippen LogP contribution is -2.45. The average Bonchev–Trinajstić information content (AvgIpc) is 3.65. The fraction of sp³-hybridized carbons (Fsp3) is 0.419. The summed E-state index contributed by atoms with van der Waals surface area (Å²) in [6, 6.07) is 12.4. The van der Waals surface area contributed by atoms with Gasteiger partial charge in [0.15, 0.2) is 0 Å². The first-order valence-corrected chi connectivity index (χ1v) is 14.3. The summed E-state index contributed by atoms with van der Waals surface area (Å²) in [6.45, 7) is 4.56. The molecule has 3 aromatic rings. The quantitative estimate of drug-likeness (QED) is 0.350. The van der Waals surface area contributed by atoms with Gasteiger partial charge in [-0.3, -0.25) is 14.4 Å². The van der Waals surface area contributed by atoms with Gasteiger partial charge in [-0.2, -0.15) is 5.26 Å². The van der Waals surface area contributed by atoms with E-state index in [4.69, 9.17) is 15.9 Å². The molecule has 11 nitrogen and oxygen atoms in total. The van der Waals surface area contributed by atoms with Gasteiger partial charge in [0, 0.05) is 30.1 Å². The summed E-state index contributed by atoms with van der Waals surface area (Å²) in [5.74, 6) is -0.320. The number of carbonyl (C=O) groups excluding carboxylic acids is 3. The van der Waals surface area contributed by atoms with E-state index in [0.29, 0.717) is 61.6 Å². The van der Waals surface area contributed by atoms with Crippen LogP contribution in [0.4, 0.5) is 0 Å². The van der Waals surface area contributed by atoms with Gasteiger partial charge in [0.05, 0.1) is 12.6 Å². The molecule has 1 saturated heterocycles. The number of benzene rings is 2. The first-order valence-electron chi connectivity index (χ1n) is 14.3. The van der Waals surface area contributed by atoms with Crippen LogP contribution in [0.15, 0.2) is 40.8 Å². The van der Waals surface area contributed by atoms with Crippen molar-refractivity contribution in [3.8, 4) is 6.07 Å². The first kappa shape index (κ1) is 29.0. The summed E-state index contributed by atoms with van der Waals surface area (Å²) in [7, 11) is 0. The summed E-state index contributed by atoms with van der Waals surface area (Å²) in [6.07, 6.45) is 3.61. The van der Waals surface area contributed by atoms with Crippen LogP contribution >= 0.6 is 0 Å². The molecule has 0 saturated carbocycles. The third kappa shape index (κ3) is 5.25. The highest BCUT2D eigenvalue weighted by Gasteiger charge is 2.46. The number of nitriles is 1. The van der Waals surface area contributed by atoms with Gasteiger partial charge in [0.2, 0.25) is 29.5 Å². The fourth-order valence-corrected chi connectivity index (χ4v) is 6.36. The van der Waals surface area contributed by atoms with Crippen LogP contribution in [-0.2, 0) is 29.5 Å². The summed E-state index contributed by atoms with van der Waals surface area (Å²) in [4.78, 5) is 38.9. The fourth-order valence-electron chi connectivity index (χ4n) is 6.36. The molecule has 2 atom stereocenters. The molecule has 1 aliphatic heterocycles. The second-order valence-electron chi connectivity index (χ2n) is 11.1. The lowest BCUT2D eigenvalue weighted by atomic mass is 9.68. The normalized spacial score (nSPS) is 17.9. The molecule has 2 heterocycles. The minimum atomic E-state index is -0.980. The molecular weight excluding hydrogens is 534 g/mol. The molecule has 42 heavy (non-hydrogen) atoms. The maximum absolute atomic E-state index is 13.0. The number of aryl methyl sites for hydroxylation is 3. The number of nitrogens with one attached hydrogen (secondary N) is 1. The molecule has 0 bridgehead atoms. The molecule has 1 unspecified atom stereocenters. The van der Waals surface area contributed by atoms with Gasteiger partial charge < -0.3 is 26.1 Å². The van der Waals surface area contributed by atoms with E-state index in [-0.39, 0.29) is 18.5 Å². The number of hydrogen-bond donors (Lipinski definition) is 3. The number of amides is 3. The zero-order valence-electron chi connectivity index (χ0n) is 23.9. The standard InChI is InChI=1S/C31H35N7O4/c1-3-26-36-37-30(42-26)31(15-18(2)35-17-27(39)38-12-4-5-23(38)16-32)24-10-8-21(28(33)40)13-19(24)6-7-20-14-22(29(34)41)9-11-25(20)31/h8-11,13-14,18,23,35H,3-7,12,15,17H2,1-2H3,(H2,33,40)(H2,34,41)/t18-,23?/m0/s1. The Kier molecular flexibility index (Phi) is 8.09. The number of fused-ring (bicyclic) bond motifs is 2.